The molecule has 1 heterocycles. The van der Waals surface area contributed by atoms with Gasteiger partial charge in [0, 0.05) is 25.2 Å². The van der Waals surface area contributed by atoms with E-state index in [4.69, 9.17) is 4.74 Å². The first-order valence-corrected chi connectivity index (χ1v) is 7.14. The van der Waals surface area contributed by atoms with Gasteiger partial charge in [0.2, 0.25) is 0 Å². The lowest BCUT2D eigenvalue weighted by atomic mass is 9.98. The van der Waals surface area contributed by atoms with Crippen molar-refractivity contribution in [2.75, 3.05) is 33.9 Å². The van der Waals surface area contributed by atoms with E-state index in [0.717, 1.165) is 26.2 Å². The predicted octanol–water partition coefficient (Wildman–Crippen LogP) is 2.28. The Hall–Kier alpha value is -0.900. The van der Waals surface area contributed by atoms with Crippen molar-refractivity contribution in [3.8, 4) is 0 Å². The minimum absolute atomic E-state index is 0.380. The van der Waals surface area contributed by atoms with Crippen molar-refractivity contribution in [1.29, 1.82) is 0 Å². The Morgan fingerprint density at radius 2 is 2.21 bits per heavy atom. The molecule has 0 amide bonds. The van der Waals surface area contributed by atoms with E-state index in [9.17, 15) is 0 Å². The maximum absolute atomic E-state index is 5.48. The van der Waals surface area contributed by atoms with Gasteiger partial charge in [-0.15, -0.1) is 0 Å². The average molecular weight is 262 g/mol. The van der Waals surface area contributed by atoms with Crippen molar-refractivity contribution in [2.45, 2.75) is 32.4 Å². The highest BCUT2D eigenvalue weighted by molar-refractivity contribution is 5.33. The number of rotatable bonds is 5. The van der Waals surface area contributed by atoms with E-state index in [-0.39, 0.29) is 0 Å². The number of aryl methyl sites for hydroxylation is 2. The number of hydrogen-bond donors (Lipinski definition) is 1. The molecular weight excluding hydrogens is 236 g/mol. The van der Waals surface area contributed by atoms with Gasteiger partial charge in [-0.25, -0.2) is 0 Å². The van der Waals surface area contributed by atoms with E-state index < -0.39 is 0 Å². The summed E-state index contributed by atoms with van der Waals surface area (Å²) in [7, 11) is 4.25. The van der Waals surface area contributed by atoms with Crippen LogP contribution >= 0.6 is 0 Å². The Labute approximate surface area is 116 Å². The molecule has 3 nitrogen and oxygen atoms in total. The van der Waals surface area contributed by atoms with Gasteiger partial charge < -0.3 is 10.1 Å². The molecule has 1 aliphatic rings. The van der Waals surface area contributed by atoms with Crippen LogP contribution in [0.25, 0.3) is 0 Å². The molecular formula is C16H26N2O. The molecule has 2 unspecified atom stereocenters. The van der Waals surface area contributed by atoms with Crippen LogP contribution in [0.15, 0.2) is 18.2 Å². The molecule has 1 aliphatic heterocycles. The van der Waals surface area contributed by atoms with Gasteiger partial charge >= 0.3 is 0 Å². The maximum Gasteiger partial charge on any atom is 0.0622 e. The van der Waals surface area contributed by atoms with Crippen LogP contribution in [-0.2, 0) is 4.74 Å². The molecule has 0 aliphatic carbocycles. The van der Waals surface area contributed by atoms with E-state index >= 15 is 0 Å². The van der Waals surface area contributed by atoms with Crippen molar-refractivity contribution in [3.63, 3.8) is 0 Å². The fourth-order valence-corrected chi connectivity index (χ4v) is 2.79. The highest BCUT2D eigenvalue weighted by atomic mass is 16.5. The van der Waals surface area contributed by atoms with Gasteiger partial charge in [0.25, 0.3) is 0 Å². The quantitative estimate of drug-likeness (QED) is 0.881. The van der Waals surface area contributed by atoms with Crippen molar-refractivity contribution >= 4 is 0 Å². The van der Waals surface area contributed by atoms with Crippen LogP contribution in [0.3, 0.4) is 0 Å². The zero-order chi connectivity index (χ0) is 13.8. The smallest absolute Gasteiger partial charge is 0.0622 e. The molecule has 0 bridgehead atoms. The molecule has 0 aromatic heterocycles. The van der Waals surface area contributed by atoms with E-state index in [1.165, 1.54) is 16.7 Å². The zero-order valence-electron chi connectivity index (χ0n) is 12.6. The third-order valence-corrected chi connectivity index (χ3v) is 4.16. The summed E-state index contributed by atoms with van der Waals surface area (Å²) in [5.74, 6) is 0. The molecule has 1 saturated heterocycles. The van der Waals surface area contributed by atoms with Gasteiger partial charge in [-0.3, -0.25) is 4.90 Å². The molecule has 0 radical (unpaired) electrons. The monoisotopic (exact) mass is 262 g/mol. The van der Waals surface area contributed by atoms with Crippen molar-refractivity contribution in [1.82, 2.24) is 10.2 Å². The highest BCUT2D eigenvalue weighted by Crippen LogP contribution is 2.21. The fraction of sp³-hybridized carbons (Fsp3) is 0.625. The van der Waals surface area contributed by atoms with Crippen molar-refractivity contribution < 1.29 is 4.74 Å². The number of likely N-dealkylation sites (N-methyl/N-ethyl adjacent to an activating group) is 2. The molecule has 1 fully saturated rings. The number of nitrogens with zero attached hydrogens (tertiary/aromatic N) is 1. The molecule has 1 N–H and O–H groups in total. The van der Waals surface area contributed by atoms with Gasteiger partial charge in [-0.2, -0.15) is 0 Å². The van der Waals surface area contributed by atoms with Gasteiger partial charge in [0.15, 0.2) is 0 Å². The third-order valence-electron chi connectivity index (χ3n) is 4.16. The van der Waals surface area contributed by atoms with Gasteiger partial charge in [0.1, 0.15) is 0 Å². The minimum Gasteiger partial charge on any atom is -0.380 e. The highest BCUT2D eigenvalue weighted by Gasteiger charge is 2.23. The van der Waals surface area contributed by atoms with Crippen molar-refractivity contribution in [3.05, 3.63) is 34.9 Å². The normalized spacial score (nSPS) is 21.0. The second-order valence-electron chi connectivity index (χ2n) is 5.66. The number of benzene rings is 1. The summed E-state index contributed by atoms with van der Waals surface area (Å²) in [6.07, 6.45) is 1.15. The summed E-state index contributed by atoms with van der Waals surface area (Å²) < 4.78 is 5.48. The third kappa shape index (κ3) is 3.56. The largest absolute Gasteiger partial charge is 0.380 e. The Kier molecular flexibility index (Phi) is 4.97. The number of ether oxygens (including phenoxy) is 1. The van der Waals surface area contributed by atoms with Crippen LogP contribution in [0.5, 0.6) is 0 Å². The summed E-state index contributed by atoms with van der Waals surface area (Å²) in [5.41, 5.74) is 4.10. The van der Waals surface area contributed by atoms with Gasteiger partial charge in [-0.1, -0.05) is 23.8 Å². The predicted molar refractivity (Wildman–Crippen MR) is 79.6 cm³/mol. The van der Waals surface area contributed by atoms with E-state index in [2.05, 4.69) is 49.3 Å². The molecule has 2 rings (SSSR count). The van der Waals surface area contributed by atoms with Crippen LogP contribution in [0, 0.1) is 13.8 Å². The fourth-order valence-electron chi connectivity index (χ4n) is 2.79. The second kappa shape index (κ2) is 6.51. The molecule has 0 saturated carbocycles. The maximum atomic E-state index is 5.48. The van der Waals surface area contributed by atoms with E-state index in [1.807, 2.05) is 7.05 Å². The van der Waals surface area contributed by atoms with Crippen LogP contribution in [0.4, 0.5) is 0 Å². The first-order valence-electron chi connectivity index (χ1n) is 7.14. The lowest BCUT2D eigenvalue weighted by Crippen LogP contribution is -2.38. The van der Waals surface area contributed by atoms with Crippen LogP contribution in [-0.4, -0.2) is 44.8 Å². The molecule has 106 valence electrons. The topological polar surface area (TPSA) is 24.5 Å². The molecule has 2 atom stereocenters. The van der Waals surface area contributed by atoms with Gasteiger partial charge in [-0.05, 0) is 45.5 Å². The SMILES string of the molecule is CNC(CN(C)C1CCOC1)c1cc(C)ccc1C. The van der Waals surface area contributed by atoms with E-state index in [0.29, 0.717) is 12.1 Å². The standard InChI is InChI=1S/C16H26N2O/c1-12-5-6-13(2)15(9-12)16(17-3)10-18(4)14-7-8-19-11-14/h5-6,9,14,16-17H,7-8,10-11H2,1-4H3. The summed E-state index contributed by atoms with van der Waals surface area (Å²) >= 11 is 0. The average Bonchev–Trinajstić information content (AvgIpc) is 2.93. The van der Waals surface area contributed by atoms with E-state index in [1.54, 1.807) is 0 Å². The molecule has 1 aromatic carbocycles. The summed E-state index contributed by atoms with van der Waals surface area (Å²) in [6, 6.07) is 7.65. The Morgan fingerprint density at radius 1 is 1.42 bits per heavy atom. The Morgan fingerprint density at radius 3 is 2.84 bits per heavy atom. The van der Waals surface area contributed by atoms with Gasteiger partial charge in [0.05, 0.1) is 6.61 Å². The molecule has 0 spiro atoms. The summed E-state index contributed by atoms with van der Waals surface area (Å²) in [6.45, 7) is 7.15. The first-order chi connectivity index (χ1) is 9.11. The number of hydrogen-bond acceptors (Lipinski definition) is 3. The molecule has 1 aromatic rings. The zero-order valence-corrected chi connectivity index (χ0v) is 12.6. The van der Waals surface area contributed by atoms with Crippen molar-refractivity contribution in [2.24, 2.45) is 0 Å². The lowest BCUT2D eigenvalue weighted by Gasteiger charge is -2.29. The summed E-state index contributed by atoms with van der Waals surface area (Å²) in [4.78, 5) is 2.43. The molecule has 19 heavy (non-hydrogen) atoms. The van der Waals surface area contributed by atoms with Crippen LogP contribution < -0.4 is 5.32 Å². The second-order valence-corrected chi connectivity index (χ2v) is 5.66. The Balaban J connectivity index is 2.08. The first kappa shape index (κ1) is 14.5. The van der Waals surface area contributed by atoms with Crippen LogP contribution in [0.1, 0.15) is 29.2 Å². The van der Waals surface area contributed by atoms with Crippen LogP contribution in [0.2, 0.25) is 0 Å². The lowest BCUT2D eigenvalue weighted by molar-refractivity contribution is 0.153. The Bertz CT molecular complexity index is 413. The summed E-state index contributed by atoms with van der Waals surface area (Å²) in [5, 5.41) is 3.46. The molecule has 3 heteroatoms. The minimum atomic E-state index is 0.380. The number of nitrogens with one attached hydrogen (secondary N) is 1.